The molecule has 0 aromatic rings. The van der Waals surface area contributed by atoms with Crippen LogP contribution in [0.3, 0.4) is 0 Å². The van der Waals surface area contributed by atoms with E-state index in [-0.39, 0.29) is 0 Å². The Morgan fingerprint density at radius 3 is 1.18 bits per heavy atom. The number of carbonyl (C=O) groups is 2. The lowest BCUT2D eigenvalue weighted by atomic mass is 10.1. The van der Waals surface area contributed by atoms with Crippen molar-refractivity contribution in [2.45, 2.75) is 51.9 Å². The molecule has 2 fully saturated rings. The number of nitrogens with zero attached hydrogens (tertiary/aromatic N) is 4. The van der Waals surface area contributed by atoms with Gasteiger partial charge in [0, 0.05) is 63.4 Å². The fraction of sp³-hybridized carbons (Fsp3) is 0.875. The summed E-state index contributed by atoms with van der Waals surface area (Å²) in [6.45, 7) is 14.1. The molecule has 0 aliphatic carbocycles. The molecule has 4 atom stereocenters. The fourth-order valence-electron chi connectivity index (χ4n) is 4.08. The van der Waals surface area contributed by atoms with Gasteiger partial charge in [-0.05, 0) is 27.7 Å². The largest absolute Gasteiger partial charge is 0.342 e. The zero-order valence-corrected chi connectivity index (χ0v) is 14.3. The minimum atomic E-state index is 0.399. The summed E-state index contributed by atoms with van der Waals surface area (Å²) in [6, 6.07) is 1.60. The van der Waals surface area contributed by atoms with Crippen molar-refractivity contribution in [3.05, 3.63) is 0 Å². The number of carbonyl (C=O) groups excluding carboxylic acids is 2. The second-order valence-electron chi connectivity index (χ2n) is 6.99. The molecule has 6 heteroatoms. The second-order valence-corrected chi connectivity index (χ2v) is 6.99. The fourth-order valence-corrected chi connectivity index (χ4v) is 4.08. The van der Waals surface area contributed by atoms with E-state index < -0.39 is 0 Å². The van der Waals surface area contributed by atoms with Gasteiger partial charge in [0.1, 0.15) is 0 Å². The number of hydrogen-bond donors (Lipinski definition) is 0. The highest BCUT2D eigenvalue weighted by Gasteiger charge is 2.32. The summed E-state index contributed by atoms with van der Waals surface area (Å²) in [5.74, 6) is 0. The van der Waals surface area contributed by atoms with Crippen LogP contribution in [0, 0.1) is 0 Å². The molecule has 0 saturated carbocycles. The van der Waals surface area contributed by atoms with Crippen molar-refractivity contribution < 1.29 is 9.59 Å². The molecule has 126 valence electrons. The average molecular weight is 310 g/mol. The van der Waals surface area contributed by atoms with E-state index >= 15 is 0 Å². The summed E-state index contributed by atoms with van der Waals surface area (Å²) in [5, 5.41) is 0. The summed E-state index contributed by atoms with van der Waals surface area (Å²) >= 11 is 0. The molecule has 0 N–H and O–H groups in total. The number of rotatable bonds is 5. The van der Waals surface area contributed by atoms with Crippen LogP contribution >= 0.6 is 0 Å². The van der Waals surface area contributed by atoms with E-state index in [0.717, 1.165) is 52.1 Å². The van der Waals surface area contributed by atoms with Crippen molar-refractivity contribution in [2.24, 2.45) is 0 Å². The Kier molecular flexibility index (Phi) is 5.81. The van der Waals surface area contributed by atoms with E-state index in [2.05, 4.69) is 37.5 Å². The van der Waals surface area contributed by atoms with Crippen molar-refractivity contribution in [1.82, 2.24) is 19.6 Å². The van der Waals surface area contributed by atoms with Crippen LogP contribution in [0.25, 0.3) is 0 Å². The third kappa shape index (κ3) is 3.79. The monoisotopic (exact) mass is 310 g/mol. The molecule has 2 amide bonds. The van der Waals surface area contributed by atoms with Gasteiger partial charge in [0.2, 0.25) is 12.8 Å². The maximum Gasteiger partial charge on any atom is 0.209 e. The molecule has 0 aromatic carbocycles. The summed E-state index contributed by atoms with van der Waals surface area (Å²) in [6.07, 6.45) is 1.93. The Balaban J connectivity index is 1.89. The summed E-state index contributed by atoms with van der Waals surface area (Å²) in [7, 11) is 0. The van der Waals surface area contributed by atoms with Gasteiger partial charge < -0.3 is 9.80 Å². The minimum absolute atomic E-state index is 0.399. The van der Waals surface area contributed by atoms with Crippen LogP contribution in [0.15, 0.2) is 0 Å². The molecular formula is C16H30N4O2. The normalized spacial score (nSPS) is 34.7. The van der Waals surface area contributed by atoms with Gasteiger partial charge in [-0.3, -0.25) is 19.4 Å². The van der Waals surface area contributed by atoms with E-state index in [9.17, 15) is 9.59 Å². The molecule has 2 heterocycles. The molecule has 0 bridgehead atoms. The van der Waals surface area contributed by atoms with Gasteiger partial charge in [0.25, 0.3) is 0 Å². The average Bonchev–Trinajstić information content (AvgIpc) is 2.47. The van der Waals surface area contributed by atoms with Crippen molar-refractivity contribution in [2.75, 3.05) is 39.3 Å². The Morgan fingerprint density at radius 2 is 0.955 bits per heavy atom. The summed E-state index contributed by atoms with van der Waals surface area (Å²) in [5.41, 5.74) is 0. The Bertz CT molecular complexity index is 332. The zero-order valence-electron chi connectivity index (χ0n) is 14.3. The van der Waals surface area contributed by atoms with Crippen LogP contribution in [0.2, 0.25) is 0 Å². The molecule has 0 radical (unpaired) electrons. The van der Waals surface area contributed by atoms with Crippen molar-refractivity contribution in [3.63, 3.8) is 0 Å². The first-order valence-corrected chi connectivity index (χ1v) is 8.36. The zero-order chi connectivity index (χ0) is 16.3. The lowest BCUT2D eigenvalue weighted by Gasteiger charge is -2.47. The van der Waals surface area contributed by atoms with E-state index in [0.29, 0.717) is 24.2 Å². The van der Waals surface area contributed by atoms with Crippen molar-refractivity contribution in [1.29, 1.82) is 0 Å². The third-order valence-corrected chi connectivity index (χ3v) is 5.17. The van der Waals surface area contributed by atoms with Crippen LogP contribution in [0.5, 0.6) is 0 Å². The van der Waals surface area contributed by atoms with E-state index in [1.165, 1.54) is 0 Å². The Morgan fingerprint density at radius 1 is 0.682 bits per heavy atom. The van der Waals surface area contributed by atoms with E-state index in [1.54, 1.807) is 0 Å². The first-order valence-electron chi connectivity index (χ1n) is 8.36. The first kappa shape index (κ1) is 17.2. The minimum Gasteiger partial charge on any atom is -0.342 e. The van der Waals surface area contributed by atoms with Crippen LogP contribution in [-0.2, 0) is 9.59 Å². The summed E-state index contributed by atoms with van der Waals surface area (Å²) in [4.78, 5) is 30.7. The van der Waals surface area contributed by atoms with Gasteiger partial charge in [-0.1, -0.05) is 0 Å². The Hall–Kier alpha value is -1.14. The molecule has 2 aliphatic heterocycles. The number of amides is 2. The smallest absolute Gasteiger partial charge is 0.209 e. The van der Waals surface area contributed by atoms with Gasteiger partial charge in [0.05, 0.1) is 0 Å². The van der Waals surface area contributed by atoms with Gasteiger partial charge >= 0.3 is 0 Å². The van der Waals surface area contributed by atoms with Crippen molar-refractivity contribution in [3.8, 4) is 0 Å². The predicted octanol–water partition coefficient (Wildman–Crippen LogP) is 0.0884. The number of hydrogen-bond acceptors (Lipinski definition) is 4. The SMILES string of the molecule is C[C@@H]1CN(C=O)C[C@H](C)N1CCN1[C@@H](C)CN(C=O)C[C@@H]1C. The Labute approximate surface area is 134 Å². The van der Waals surface area contributed by atoms with Crippen LogP contribution < -0.4 is 0 Å². The molecule has 0 spiro atoms. The third-order valence-electron chi connectivity index (χ3n) is 5.17. The standard InChI is InChI=1S/C16H30N4O2/c1-13-7-17(11-21)8-14(2)19(13)5-6-20-15(3)9-18(12-22)10-16(20)4/h11-16H,5-10H2,1-4H3/t13-,14-,15-,16+/m0/s1. The summed E-state index contributed by atoms with van der Waals surface area (Å²) < 4.78 is 0. The first-order chi connectivity index (χ1) is 10.5. The molecule has 2 aliphatic rings. The molecule has 2 saturated heterocycles. The highest BCUT2D eigenvalue weighted by molar-refractivity contribution is 5.48. The molecular weight excluding hydrogens is 280 g/mol. The van der Waals surface area contributed by atoms with Gasteiger partial charge in [-0.15, -0.1) is 0 Å². The molecule has 0 aromatic heterocycles. The van der Waals surface area contributed by atoms with E-state index in [1.807, 2.05) is 9.80 Å². The van der Waals surface area contributed by atoms with Crippen molar-refractivity contribution >= 4 is 12.8 Å². The topological polar surface area (TPSA) is 47.1 Å². The molecule has 6 nitrogen and oxygen atoms in total. The quantitative estimate of drug-likeness (QED) is 0.675. The second kappa shape index (κ2) is 7.42. The molecule has 22 heavy (non-hydrogen) atoms. The molecule has 0 unspecified atom stereocenters. The van der Waals surface area contributed by atoms with Gasteiger partial charge in [0.15, 0.2) is 0 Å². The maximum absolute atomic E-state index is 11.0. The van der Waals surface area contributed by atoms with Crippen LogP contribution in [0.1, 0.15) is 27.7 Å². The predicted molar refractivity (Wildman–Crippen MR) is 86.5 cm³/mol. The number of piperazine rings is 2. The highest BCUT2D eigenvalue weighted by Crippen LogP contribution is 2.18. The lowest BCUT2D eigenvalue weighted by Crippen LogP contribution is -2.61. The van der Waals surface area contributed by atoms with E-state index in [4.69, 9.17) is 0 Å². The van der Waals surface area contributed by atoms with Gasteiger partial charge in [-0.25, -0.2) is 0 Å². The van der Waals surface area contributed by atoms with Crippen LogP contribution in [-0.4, -0.2) is 95.9 Å². The van der Waals surface area contributed by atoms with Gasteiger partial charge in [-0.2, -0.15) is 0 Å². The molecule has 2 rings (SSSR count). The maximum atomic E-state index is 11.0. The van der Waals surface area contributed by atoms with Crippen LogP contribution in [0.4, 0.5) is 0 Å². The highest BCUT2D eigenvalue weighted by atomic mass is 16.1. The lowest BCUT2D eigenvalue weighted by molar-refractivity contribution is -0.124.